The summed E-state index contributed by atoms with van der Waals surface area (Å²) < 4.78 is 11.6. The lowest BCUT2D eigenvalue weighted by Gasteiger charge is -2.12. The van der Waals surface area contributed by atoms with Crippen LogP contribution < -0.4 is 15.2 Å². The smallest absolute Gasteiger partial charge is 0.126 e. The normalized spacial score (nSPS) is 9.94. The quantitative estimate of drug-likeness (QED) is 0.873. The van der Waals surface area contributed by atoms with E-state index in [0.717, 1.165) is 28.0 Å². The van der Waals surface area contributed by atoms with Crippen LogP contribution in [0.1, 0.15) is 5.56 Å². The number of halogens is 1. The Morgan fingerprint density at radius 1 is 1.50 bits per heavy atom. The first-order chi connectivity index (χ1) is 7.67. The SMILES string of the molecule is C=C(Br)COc1cc(OC)ccc1CCN. The molecule has 0 aliphatic heterocycles. The lowest BCUT2D eigenvalue weighted by Crippen LogP contribution is -2.06. The van der Waals surface area contributed by atoms with E-state index in [9.17, 15) is 0 Å². The number of nitrogens with two attached hydrogens (primary N) is 1. The van der Waals surface area contributed by atoms with E-state index >= 15 is 0 Å². The number of hydrogen-bond acceptors (Lipinski definition) is 3. The summed E-state index contributed by atoms with van der Waals surface area (Å²) in [5, 5.41) is 0. The standard InChI is InChI=1S/C12H16BrNO2/c1-9(13)8-16-12-7-11(15-2)4-3-10(12)5-6-14/h3-4,7H,1,5-6,8,14H2,2H3. The summed E-state index contributed by atoms with van der Waals surface area (Å²) in [5.41, 5.74) is 6.62. The summed E-state index contributed by atoms with van der Waals surface area (Å²) >= 11 is 3.26. The van der Waals surface area contributed by atoms with Crippen LogP contribution in [0.15, 0.2) is 29.3 Å². The molecule has 2 N–H and O–H groups in total. The fraction of sp³-hybridized carbons (Fsp3) is 0.333. The second kappa shape index (κ2) is 6.55. The van der Waals surface area contributed by atoms with E-state index in [1.54, 1.807) is 7.11 Å². The Kier molecular flexibility index (Phi) is 5.35. The van der Waals surface area contributed by atoms with E-state index in [2.05, 4.69) is 22.5 Å². The Balaban J connectivity index is 2.86. The Hall–Kier alpha value is -1.00. The first-order valence-corrected chi connectivity index (χ1v) is 5.79. The highest BCUT2D eigenvalue weighted by Gasteiger charge is 2.05. The van der Waals surface area contributed by atoms with Crippen molar-refractivity contribution in [1.82, 2.24) is 0 Å². The fourth-order valence-corrected chi connectivity index (χ4v) is 1.43. The molecular weight excluding hydrogens is 270 g/mol. The van der Waals surface area contributed by atoms with Gasteiger partial charge in [0.1, 0.15) is 18.1 Å². The zero-order chi connectivity index (χ0) is 12.0. The number of benzene rings is 1. The lowest BCUT2D eigenvalue weighted by atomic mass is 10.1. The summed E-state index contributed by atoms with van der Waals surface area (Å²) in [4.78, 5) is 0. The number of hydrogen-bond donors (Lipinski definition) is 1. The lowest BCUT2D eigenvalue weighted by molar-refractivity contribution is 0.351. The number of methoxy groups -OCH3 is 1. The maximum Gasteiger partial charge on any atom is 0.126 e. The zero-order valence-corrected chi connectivity index (χ0v) is 10.9. The summed E-state index contributed by atoms with van der Waals surface area (Å²) in [6.07, 6.45) is 0.786. The van der Waals surface area contributed by atoms with Crippen molar-refractivity contribution in [3.05, 3.63) is 34.8 Å². The summed E-state index contributed by atoms with van der Waals surface area (Å²) in [6.45, 7) is 4.75. The molecule has 0 radical (unpaired) electrons. The van der Waals surface area contributed by atoms with Gasteiger partial charge in [-0.1, -0.05) is 28.6 Å². The Labute approximate surface area is 104 Å². The van der Waals surface area contributed by atoms with Gasteiger partial charge in [0.2, 0.25) is 0 Å². The molecular formula is C12H16BrNO2. The third-order valence-corrected chi connectivity index (χ3v) is 2.30. The van der Waals surface area contributed by atoms with Gasteiger partial charge < -0.3 is 15.2 Å². The molecule has 1 aromatic rings. The molecule has 0 unspecified atom stereocenters. The van der Waals surface area contributed by atoms with Crippen molar-refractivity contribution in [2.75, 3.05) is 20.3 Å². The molecule has 0 aliphatic carbocycles. The zero-order valence-electron chi connectivity index (χ0n) is 9.33. The molecule has 0 saturated heterocycles. The maximum absolute atomic E-state index is 5.61. The molecule has 0 atom stereocenters. The monoisotopic (exact) mass is 285 g/mol. The molecule has 88 valence electrons. The van der Waals surface area contributed by atoms with Crippen LogP contribution in [0.3, 0.4) is 0 Å². The average Bonchev–Trinajstić information content (AvgIpc) is 2.28. The van der Waals surface area contributed by atoms with Gasteiger partial charge in [0, 0.05) is 10.5 Å². The summed E-state index contributed by atoms with van der Waals surface area (Å²) in [7, 11) is 1.63. The van der Waals surface area contributed by atoms with Crippen LogP contribution in [0.2, 0.25) is 0 Å². The summed E-state index contributed by atoms with van der Waals surface area (Å²) in [6, 6.07) is 5.74. The maximum atomic E-state index is 5.61. The molecule has 0 saturated carbocycles. The van der Waals surface area contributed by atoms with Gasteiger partial charge in [0.05, 0.1) is 7.11 Å². The minimum absolute atomic E-state index is 0.435. The topological polar surface area (TPSA) is 44.5 Å². The first-order valence-electron chi connectivity index (χ1n) is 5.00. The van der Waals surface area contributed by atoms with Gasteiger partial charge in [0.15, 0.2) is 0 Å². The Morgan fingerprint density at radius 3 is 2.81 bits per heavy atom. The van der Waals surface area contributed by atoms with Crippen LogP contribution in [0.4, 0.5) is 0 Å². The second-order valence-electron chi connectivity index (χ2n) is 3.32. The van der Waals surface area contributed by atoms with Crippen LogP contribution in [-0.2, 0) is 6.42 Å². The van der Waals surface area contributed by atoms with E-state index in [1.165, 1.54) is 0 Å². The van der Waals surface area contributed by atoms with Crippen molar-refractivity contribution < 1.29 is 9.47 Å². The first kappa shape index (κ1) is 13.1. The van der Waals surface area contributed by atoms with Gasteiger partial charge in [-0.05, 0) is 24.6 Å². The van der Waals surface area contributed by atoms with E-state index < -0.39 is 0 Å². The van der Waals surface area contributed by atoms with Crippen LogP contribution in [0.25, 0.3) is 0 Å². The van der Waals surface area contributed by atoms with E-state index in [1.807, 2.05) is 18.2 Å². The Morgan fingerprint density at radius 2 is 2.25 bits per heavy atom. The van der Waals surface area contributed by atoms with E-state index in [4.69, 9.17) is 15.2 Å². The van der Waals surface area contributed by atoms with E-state index in [0.29, 0.717) is 13.2 Å². The number of rotatable bonds is 6. The van der Waals surface area contributed by atoms with Crippen LogP contribution in [0, 0.1) is 0 Å². The number of ether oxygens (including phenoxy) is 2. The van der Waals surface area contributed by atoms with Gasteiger partial charge in [-0.25, -0.2) is 0 Å². The highest BCUT2D eigenvalue weighted by atomic mass is 79.9. The molecule has 1 aromatic carbocycles. The molecule has 1 rings (SSSR count). The average molecular weight is 286 g/mol. The van der Waals surface area contributed by atoms with Gasteiger partial charge in [-0.2, -0.15) is 0 Å². The van der Waals surface area contributed by atoms with Crippen molar-refractivity contribution in [1.29, 1.82) is 0 Å². The third kappa shape index (κ3) is 3.87. The highest BCUT2D eigenvalue weighted by Crippen LogP contribution is 2.25. The largest absolute Gasteiger partial charge is 0.497 e. The minimum atomic E-state index is 0.435. The molecule has 16 heavy (non-hydrogen) atoms. The third-order valence-electron chi connectivity index (χ3n) is 2.07. The van der Waals surface area contributed by atoms with Crippen LogP contribution >= 0.6 is 15.9 Å². The predicted octanol–water partition coefficient (Wildman–Crippen LogP) is 2.48. The molecule has 0 heterocycles. The van der Waals surface area contributed by atoms with Gasteiger partial charge in [-0.15, -0.1) is 0 Å². The van der Waals surface area contributed by atoms with E-state index in [-0.39, 0.29) is 0 Å². The fourth-order valence-electron chi connectivity index (χ4n) is 1.31. The molecule has 0 aromatic heterocycles. The van der Waals surface area contributed by atoms with Gasteiger partial charge in [-0.3, -0.25) is 0 Å². The van der Waals surface area contributed by atoms with Crippen molar-refractivity contribution in [2.24, 2.45) is 5.73 Å². The minimum Gasteiger partial charge on any atom is -0.497 e. The molecule has 0 spiro atoms. The van der Waals surface area contributed by atoms with Crippen LogP contribution in [-0.4, -0.2) is 20.3 Å². The second-order valence-corrected chi connectivity index (χ2v) is 4.44. The molecule has 0 bridgehead atoms. The molecule has 0 fully saturated rings. The van der Waals surface area contributed by atoms with Gasteiger partial charge >= 0.3 is 0 Å². The highest BCUT2D eigenvalue weighted by molar-refractivity contribution is 9.11. The molecule has 0 amide bonds. The van der Waals surface area contributed by atoms with Crippen molar-refractivity contribution in [3.63, 3.8) is 0 Å². The molecule has 0 aliphatic rings. The van der Waals surface area contributed by atoms with Crippen molar-refractivity contribution in [2.45, 2.75) is 6.42 Å². The summed E-state index contributed by atoms with van der Waals surface area (Å²) in [5.74, 6) is 1.57. The predicted molar refractivity (Wildman–Crippen MR) is 69.3 cm³/mol. The van der Waals surface area contributed by atoms with Gasteiger partial charge in [0.25, 0.3) is 0 Å². The van der Waals surface area contributed by atoms with Crippen molar-refractivity contribution in [3.8, 4) is 11.5 Å². The van der Waals surface area contributed by atoms with Crippen LogP contribution in [0.5, 0.6) is 11.5 Å². The van der Waals surface area contributed by atoms with Crippen molar-refractivity contribution >= 4 is 15.9 Å². The molecule has 4 heteroatoms. The Bertz CT molecular complexity index is 366. The molecule has 3 nitrogen and oxygen atoms in total.